The van der Waals surface area contributed by atoms with E-state index < -0.39 is 54.6 Å². The molecule has 0 saturated heterocycles. The molecule has 0 unspecified atom stereocenters. The Morgan fingerprint density at radius 1 is 0.704 bits per heavy atom. The molecule has 0 aliphatic rings. The Labute approximate surface area is 149 Å². The van der Waals surface area contributed by atoms with Crippen molar-refractivity contribution >= 4 is 9.84 Å². The zero-order chi connectivity index (χ0) is 20.9. The Bertz CT molecular complexity index is 932. The lowest BCUT2D eigenvalue weighted by Crippen LogP contribution is -2.18. The van der Waals surface area contributed by atoms with Crippen LogP contribution < -0.4 is 0 Å². The van der Waals surface area contributed by atoms with Gasteiger partial charge in [0.25, 0.3) is 0 Å². The van der Waals surface area contributed by atoms with Crippen molar-refractivity contribution in [1.29, 1.82) is 0 Å². The number of hydrogen-bond acceptors (Lipinski definition) is 4. The highest BCUT2D eigenvalue weighted by molar-refractivity contribution is 7.91. The average molecular weight is 414 g/mol. The van der Waals surface area contributed by atoms with Crippen molar-refractivity contribution in [3.8, 4) is 11.5 Å². The van der Waals surface area contributed by atoms with Crippen molar-refractivity contribution in [3.63, 3.8) is 0 Å². The molecule has 0 radical (unpaired) electrons. The minimum atomic E-state index is -5.41. The van der Waals surface area contributed by atoms with Gasteiger partial charge < -0.3 is 10.2 Å². The molecular formula is C16H12F6O4S. The summed E-state index contributed by atoms with van der Waals surface area (Å²) in [7, 11) is -5.41. The van der Waals surface area contributed by atoms with Crippen molar-refractivity contribution in [1.82, 2.24) is 0 Å². The summed E-state index contributed by atoms with van der Waals surface area (Å²) in [5, 5.41) is 19.2. The second-order valence-electron chi connectivity index (χ2n) is 5.77. The second kappa shape index (κ2) is 6.32. The van der Waals surface area contributed by atoms with E-state index >= 15 is 0 Å². The number of halogens is 6. The molecule has 2 rings (SSSR count). The summed E-state index contributed by atoms with van der Waals surface area (Å²) in [6.07, 6.45) is -10.4. The van der Waals surface area contributed by atoms with Gasteiger partial charge in [0, 0.05) is 0 Å². The van der Waals surface area contributed by atoms with Crippen molar-refractivity contribution < 1.29 is 45.0 Å². The third kappa shape index (κ3) is 3.82. The van der Waals surface area contributed by atoms with Gasteiger partial charge in [-0.25, -0.2) is 8.42 Å². The van der Waals surface area contributed by atoms with Crippen LogP contribution in [0.2, 0.25) is 0 Å². The maximum absolute atomic E-state index is 13.3. The monoisotopic (exact) mass is 414 g/mol. The Morgan fingerprint density at radius 2 is 1.00 bits per heavy atom. The molecule has 0 saturated carbocycles. The molecule has 27 heavy (non-hydrogen) atoms. The first kappa shape index (κ1) is 20.9. The third-order valence-electron chi connectivity index (χ3n) is 3.79. The molecule has 0 aliphatic carbocycles. The number of benzene rings is 2. The Kier molecular flexibility index (Phi) is 4.89. The average Bonchev–Trinajstić information content (AvgIpc) is 2.49. The maximum Gasteiger partial charge on any atom is 0.417 e. The predicted octanol–water partition coefficient (Wildman–Crippen LogP) is 4.59. The first-order chi connectivity index (χ1) is 12.1. The molecule has 11 heteroatoms. The lowest BCUT2D eigenvalue weighted by molar-refractivity contribution is -0.140. The van der Waals surface area contributed by atoms with Crippen LogP contribution in [0.5, 0.6) is 11.5 Å². The van der Waals surface area contributed by atoms with Gasteiger partial charge >= 0.3 is 12.4 Å². The van der Waals surface area contributed by atoms with E-state index in [1.807, 2.05) is 0 Å². The normalized spacial score (nSPS) is 13.0. The molecule has 148 valence electrons. The summed E-state index contributed by atoms with van der Waals surface area (Å²) in [5.74, 6) is -1.68. The van der Waals surface area contributed by atoms with E-state index in [2.05, 4.69) is 0 Å². The summed E-state index contributed by atoms with van der Waals surface area (Å²) < 4.78 is 105. The maximum atomic E-state index is 13.3. The van der Waals surface area contributed by atoms with E-state index in [0.29, 0.717) is 12.1 Å². The molecule has 2 N–H and O–H groups in total. The summed E-state index contributed by atoms with van der Waals surface area (Å²) in [6, 6.07) is 1.13. The molecule has 2 aromatic rings. The van der Waals surface area contributed by atoms with Gasteiger partial charge in [0.2, 0.25) is 9.84 Å². The largest absolute Gasteiger partial charge is 0.508 e. The fraction of sp³-hybridized carbons (Fsp3) is 0.250. The van der Waals surface area contributed by atoms with Gasteiger partial charge in [-0.2, -0.15) is 26.3 Å². The van der Waals surface area contributed by atoms with Crippen molar-refractivity contribution in [2.45, 2.75) is 36.0 Å². The van der Waals surface area contributed by atoms with Crippen LogP contribution in [0, 0.1) is 13.8 Å². The summed E-state index contributed by atoms with van der Waals surface area (Å²) >= 11 is 0. The number of phenolic OH excluding ortho intramolecular Hbond substituents is 2. The van der Waals surface area contributed by atoms with E-state index in [9.17, 15) is 45.0 Å². The van der Waals surface area contributed by atoms with Crippen LogP contribution in [0.15, 0.2) is 34.1 Å². The first-order valence-electron chi connectivity index (χ1n) is 7.13. The highest BCUT2D eigenvalue weighted by atomic mass is 32.2. The van der Waals surface area contributed by atoms with Crippen molar-refractivity contribution in [3.05, 3.63) is 46.5 Å². The molecule has 0 amide bonds. The Morgan fingerprint density at radius 3 is 1.26 bits per heavy atom. The fourth-order valence-corrected chi connectivity index (χ4v) is 4.06. The van der Waals surface area contributed by atoms with Gasteiger partial charge in [-0.1, -0.05) is 0 Å². The smallest absolute Gasteiger partial charge is 0.417 e. The SMILES string of the molecule is Cc1cc(C(F)(F)F)c(S(=O)(=O)c2cc(O)c(C)cc2C(F)(F)F)cc1O. The number of phenols is 2. The van der Waals surface area contributed by atoms with Gasteiger partial charge in [-0.05, 0) is 49.2 Å². The lowest BCUT2D eigenvalue weighted by atomic mass is 10.1. The van der Waals surface area contributed by atoms with E-state index in [0.717, 1.165) is 13.8 Å². The molecule has 2 aromatic carbocycles. The van der Waals surface area contributed by atoms with Gasteiger partial charge in [0.05, 0.1) is 20.9 Å². The van der Waals surface area contributed by atoms with Crippen molar-refractivity contribution in [2.75, 3.05) is 0 Å². The van der Waals surface area contributed by atoms with Crippen LogP contribution in [0.4, 0.5) is 26.3 Å². The van der Waals surface area contributed by atoms with Crippen LogP contribution in [-0.4, -0.2) is 18.6 Å². The zero-order valence-electron chi connectivity index (χ0n) is 13.7. The molecule has 0 spiro atoms. The van der Waals surface area contributed by atoms with Crippen LogP contribution in [-0.2, 0) is 22.2 Å². The summed E-state index contributed by atoms with van der Waals surface area (Å²) in [4.78, 5) is -3.10. The molecule has 4 nitrogen and oxygen atoms in total. The minimum Gasteiger partial charge on any atom is -0.508 e. The lowest BCUT2D eigenvalue weighted by Gasteiger charge is -2.18. The zero-order valence-corrected chi connectivity index (χ0v) is 14.5. The number of alkyl halides is 6. The third-order valence-corrected chi connectivity index (χ3v) is 5.62. The summed E-state index contributed by atoms with van der Waals surface area (Å²) in [5.41, 5.74) is -4.09. The Hall–Kier alpha value is -2.43. The van der Waals surface area contributed by atoms with Gasteiger partial charge in [0.1, 0.15) is 11.5 Å². The highest BCUT2D eigenvalue weighted by Gasteiger charge is 2.43. The number of sulfone groups is 1. The van der Waals surface area contributed by atoms with Gasteiger partial charge in [-0.15, -0.1) is 0 Å². The number of aromatic hydroxyl groups is 2. The number of hydrogen-bond donors (Lipinski definition) is 2. The molecule has 0 heterocycles. The van der Waals surface area contributed by atoms with Crippen LogP contribution in [0.1, 0.15) is 22.3 Å². The van der Waals surface area contributed by atoms with Crippen LogP contribution >= 0.6 is 0 Å². The van der Waals surface area contributed by atoms with E-state index in [-0.39, 0.29) is 23.3 Å². The van der Waals surface area contributed by atoms with Gasteiger partial charge in [-0.3, -0.25) is 0 Å². The topological polar surface area (TPSA) is 74.6 Å². The highest BCUT2D eigenvalue weighted by Crippen LogP contribution is 2.43. The molecule has 0 bridgehead atoms. The molecule has 0 aromatic heterocycles. The van der Waals surface area contributed by atoms with Gasteiger partial charge in [0.15, 0.2) is 0 Å². The van der Waals surface area contributed by atoms with E-state index in [4.69, 9.17) is 0 Å². The minimum absolute atomic E-state index is 0.241. The Balaban J connectivity index is 2.94. The predicted molar refractivity (Wildman–Crippen MR) is 81.1 cm³/mol. The fourth-order valence-electron chi connectivity index (χ4n) is 2.36. The molecule has 0 atom stereocenters. The number of rotatable bonds is 2. The summed E-state index contributed by atoms with van der Waals surface area (Å²) in [6.45, 7) is 2.14. The first-order valence-corrected chi connectivity index (χ1v) is 8.62. The number of aryl methyl sites for hydroxylation is 2. The quantitative estimate of drug-likeness (QED) is 0.706. The van der Waals surface area contributed by atoms with Crippen molar-refractivity contribution in [2.24, 2.45) is 0 Å². The standard InChI is InChI=1S/C16H12F6O4S/c1-7-3-9(15(17,18)19)13(5-11(7)23)27(25,26)14-6-12(24)8(2)4-10(14)16(20,21)22/h3-6,23-24H,1-2H3. The van der Waals surface area contributed by atoms with Crippen LogP contribution in [0.3, 0.4) is 0 Å². The molecule has 0 fully saturated rings. The molecular weight excluding hydrogens is 402 g/mol. The van der Waals surface area contributed by atoms with E-state index in [1.54, 1.807) is 0 Å². The second-order valence-corrected chi connectivity index (χ2v) is 7.66. The molecule has 0 aliphatic heterocycles. The van der Waals surface area contributed by atoms with E-state index in [1.165, 1.54) is 0 Å². The van der Waals surface area contributed by atoms with Crippen LogP contribution in [0.25, 0.3) is 0 Å².